The maximum atomic E-state index is 12.4. The number of rotatable bonds is 7. The fourth-order valence-corrected chi connectivity index (χ4v) is 3.97. The Bertz CT molecular complexity index is 341. The number of nitrogens with zero attached hydrogens (tertiary/aromatic N) is 2. The molecule has 0 bridgehead atoms. The lowest BCUT2D eigenvalue weighted by Crippen LogP contribution is -2.60. The molecule has 2 heterocycles. The fourth-order valence-electron chi connectivity index (χ4n) is 3.97. The van der Waals surface area contributed by atoms with Crippen molar-refractivity contribution in [2.75, 3.05) is 53.6 Å². The molecule has 0 aromatic heterocycles. The number of hydrogen-bond acceptors (Lipinski definition) is 5. The Balaban J connectivity index is 1.91. The molecule has 0 radical (unpaired) electrons. The van der Waals surface area contributed by atoms with Gasteiger partial charge in [-0.1, -0.05) is 6.42 Å². The zero-order valence-corrected chi connectivity index (χ0v) is 14.3. The van der Waals surface area contributed by atoms with Gasteiger partial charge in [0.1, 0.15) is 5.54 Å². The van der Waals surface area contributed by atoms with E-state index >= 15 is 0 Å². The Morgan fingerprint density at radius 2 is 1.73 bits per heavy atom. The minimum atomic E-state index is -0.566. The lowest BCUT2D eigenvalue weighted by atomic mass is 9.87. The van der Waals surface area contributed by atoms with Gasteiger partial charge < -0.3 is 14.4 Å². The van der Waals surface area contributed by atoms with E-state index < -0.39 is 5.54 Å². The van der Waals surface area contributed by atoms with Gasteiger partial charge in [-0.05, 0) is 64.7 Å². The highest BCUT2D eigenvalue weighted by atomic mass is 16.5. The molecule has 2 aliphatic rings. The van der Waals surface area contributed by atoms with Crippen LogP contribution in [0.5, 0.6) is 0 Å². The Morgan fingerprint density at radius 3 is 2.41 bits per heavy atom. The van der Waals surface area contributed by atoms with E-state index in [0.717, 1.165) is 45.3 Å². The SMILES string of the molecule is COCC1(C(=O)OC)CCCCN1CCCN1CCCCC1. The van der Waals surface area contributed by atoms with Gasteiger partial charge >= 0.3 is 5.97 Å². The average Bonchev–Trinajstić information content (AvgIpc) is 2.57. The summed E-state index contributed by atoms with van der Waals surface area (Å²) in [5.74, 6) is -0.132. The second kappa shape index (κ2) is 8.85. The number of carbonyl (C=O) groups excluding carboxylic acids is 1. The summed E-state index contributed by atoms with van der Waals surface area (Å²) in [6, 6.07) is 0. The molecule has 0 spiro atoms. The second-order valence-electron chi connectivity index (χ2n) is 6.66. The number of likely N-dealkylation sites (tertiary alicyclic amines) is 2. The minimum absolute atomic E-state index is 0.132. The summed E-state index contributed by atoms with van der Waals surface area (Å²) < 4.78 is 10.5. The molecule has 0 aromatic carbocycles. The maximum absolute atomic E-state index is 12.4. The van der Waals surface area contributed by atoms with Crippen molar-refractivity contribution in [3.8, 4) is 0 Å². The third-order valence-electron chi connectivity index (χ3n) is 5.17. The van der Waals surface area contributed by atoms with Crippen LogP contribution in [0.2, 0.25) is 0 Å². The molecule has 1 unspecified atom stereocenters. The first-order valence-electron chi connectivity index (χ1n) is 8.78. The molecule has 5 heteroatoms. The summed E-state index contributed by atoms with van der Waals surface area (Å²) in [5, 5.41) is 0. The summed E-state index contributed by atoms with van der Waals surface area (Å²) >= 11 is 0. The van der Waals surface area contributed by atoms with E-state index in [1.54, 1.807) is 7.11 Å². The summed E-state index contributed by atoms with van der Waals surface area (Å²) in [4.78, 5) is 17.3. The first-order chi connectivity index (χ1) is 10.7. The highest BCUT2D eigenvalue weighted by molar-refractivity contribution is 5.81. The molecular formula is C17H32N2O3. The number of methoxy groups -OCH3 is 2. The predicted molar refractivity (Wildman–Crippen MR) is 87.0 cm³/mol. The number of piperidine rings is 2. The molecule has 0 amide bonds. The first-order valence-corrected chi connectivity index (χ1v) is 8.78. The van der Waals surface area contributed by atoms with Crippen LogP contribution in [0.15, 0.2) is 0 Å². The second-order valence-corrected chi connectivity index (χ2v) is 6.66. The van der Waals surface area contributed by atoms with Crippen molar-refractivity contribution in [2.45, 2.75) is 50.5 Å². The van der Waals surface area contributed by atoms with E-state index in [9.17, 15) is 4.79 Å². The molecule has 22 heavy (non-hydrogen) atoms. The van der Waals surface area contributed by atoms with Crippen molar-refractivity contribution >= 4 is 5.97 Å². The molecule has 2 rings (SSSR count). The van der Waals surface area contributed by atoms with Crippen LogP contribution in [0.3, 0.4) is 0 Å². The van der Waals surface area contributed by atoms with Gasteiger partial charge in [0.25, 0.3) is 0 Å². The maximum Gasteiger partial charge on any atom is 0.328 e. The van der Waals surface area contributed by atoms with Gasteiger partial charge in [-0.15, -0.1) is 0 Å². The summed E-state index contributed by atoms with van der Waals surface area (Å²) in [7, 11) is 3.16. The van der Waals surface area contributed by atoms with Gasteiger partial charge in [0, 0.05) is 13.7 Å². The molecule has 0 aromatic rings. The van der Waals surface area contributed by atoms with Crippen LogP contribution in [0.25, 0.3) is 0 Å². The highest BCUT2D eigenvalue weighted by Gasteiger charge is 2.46. The van der Waals surface area contributed by atoms with Crippen molar-refractivity contribution in [1.29, 1.82) is 0 Å². The normalized spacial score (nSPS) is 27.7. The van der Waals surface area contributed by atoms with E-state index in [4.69, 9.17) is 9.47 Å². The molecule has 0 aliphatic carbocycles. The van der Waals surface area contributed by atoms with E-state index in [0.29, 0.717) is 6.61 Å². The van der Waals surface area contributed by atoms with E-state index in [1.807, 2.05) is 0 Å². The Labute approximate surface area is 134 Å². The van der Waals surface area contributed by atoms with Gasteiger partial charge in [0.05, 0.1) is 13.7 Å². The van der Waals surface area contributed by atoms with Crippen molar-refractivity contribution in [3.63, 3.8) is 0 Å². The monoisotopic (exact) mass is 312 g/mol. The summed E-state index contributed by atoms with van der Waals surface area (Å²) in [6.07, 6.45) is 8.23. The van der Waals surface area contributed by atoms with Crippen LogP contribution >= 0.6 is 0 Å². The number of hydrogen-bond donors (Lipinski definition) is 0. The molecule has 2 saturated heterocycles. The molecule has 1 atom stereocenters. The number of esters is 1. The zero-order valence-electron chi connectivity index (χ0n) is 14.3. The third-order valence-corrected chi connectivity index (χ3v) is 5.17. The van der Waals surface area contributed by atoms with Crippen LogP contribution in [0.1, 0.15) is 44.9 Å². The van der Waals surface area contributed by atoms with Crippen LogP contribution in [0, 0.1) is 0 Å². The molecule has 2 aliphatic heterocycles. The Hall–Kier alpha value is -0.650. The molecule has 2 fully saturated rings. The van der Waals surface area contributed by atoms with Crippen LogP contribution in [0.4, 0.5) is 0 Å². The molecule has 0 saturated carbocycles. The van der Waals surface area contributed by atoms with Gasteiger partial charge in [-0.2, -0.15) is 0 Å². The largest absolute Gasteiger partial charge is 0.468 e. The van der Waals surface area contributed by atoms with Gasteiger partial charge in [-0.3, -0.25) is 4.90 Å². The fraction of sp³-hybridized carbons (Fsp3) is 0.941. The summed E-state index contributed by atoms with van der Waals surface area (Å²) in [6.45, 7) is 5.97. The van der Waals surface area contributed by atoms with Crippen molar-refractivity contribution < 1.29 is 14.3 Å². The van der Waals surface area contributed by atoms with E-state index in [1.165, 1.54) is 39.5 Å². The van der Waals surface area contributed by atoms with E-state index in [2.05, 4.69) is 9.80 Å². The number of carbonyl (C=O) groups is 1. The topological polar surface area (TPSA) is 42.0 Å². The standard InChI is InChI=1S/C17H32N2O3/c1-21-15-17(16(20)22-2)9-4-7-13-19(17)14-8-12-18-10-5-3-6-11-18/h3-15H2,1-2H3. The average molecular weight is 312 g/mol. The van der Waals surface area contributed by atoms with Crippen LogP contribution < -0.4 is 0 Å². The van der Waals surface area contributed by atoms with Crippen LogP contribution in [-0.2, 0) is 14.3 Å². The van der Waals surface area contributed by atoms with Gasteiger partial charge in [0.15, 0.2) is 0 Å². The third kappa shape index (κ3) is 4.21. The Morgan fingerprint density at radius 1 is 1.00 bits per heavy atom. The molecule has 0 N–H and O–H groups in total. The van der Waals surface area contributed by atoms with E-state index in [-0.39, 0.29) is 5.97 Å². The van der Waals surface area contributed by atoms with Crippen LogP contribution in [-0.4, -0.2) is 74.9 Å². The Kier molecular flexibility index (Phi) is 7.12. The van der Waals surface area contributed by atoms with Crippen molar-refractivity contribution in [3.05, 3.63) is 0 Å². The quantitative estimate of drug-likeness (QED) is 0.672. The predicted octanol–water partition coefficient (Wildman–Crippen LogP) is 1.91. The zero-order chi connectivity index (χ0) is 15.8. The highest BCUT2D eigenvalue weighted by Crippen LogP contribution is 2.30. The minimum Gasteiger partial charge on any atom is -0.468 e. The smallest absolute Gasteiger partial charge is 0.328 e. The van der Waals surface area contributed by atoms with Gasteiger partial charge in [-0.25, -0.2) is 4.79 Å². The molecule has 5 nitrogen and oxygen atoms in total. The molecular weight excluding hydrogens is 280 g/mol. The number of ether oxygens (including phenoxy) is 2. The first kappa shape index (κ1) is 17.7. The molecule has 128 valence electrons. The van der Waals surface area contributed by atoms with Crippen molar-refractivity contribution in [2.24, 2.45) is 0 Å². The van der Waals surface area contributed by atoms with Gasteiger partial charge in [0.2, 0.25) is 0 Å². The lowest BCUT2D eigenvalue weighted by molar-refractivity contribution is -0.163. The summed E-state index contributed by atoms with van der Waals surface area (Å²) in [5.41, 5.74) is -0.566. The van der Waals surface area contributed by atoms with Crippen molar-refractivity contribution in [1.82, 2.24) is 9.80 Å². The lowest BCUT2D eigenvalue weighted by Gasteiger charge is -2.44.